The van der Waals surface area contributed by atoms with Crippen molar-refractivity contribution in [3.63, 3.8) is 0 Å². The number of hydrogen-bond donors (Lipinski definition) is 1. The lowest BCUT2D eigenvalue weighted by atomic mass is 9.97. The first-order valence-corrected chi connectivity index (χ1v) is 5.12. The number of halogens is 1. The molecule has 0 saturated carbocycles. The van der Waals surface area contributed by atoms with Crippen LogP contribution in [0.2, 0.25) is 0 Å². The third kappa shape index (κ3) is 2.36. The zero-order valence-electron chi connectivity index (χ0n) is 9.18. The number of esters is 1. The first-order valence-electron chi connectivity index (χ1n) is 5.12. The first-order chi connectivity index (χ1) is 7.22. The number of carbonyl (C=O) groups excluding carboxylic acids is 1. The summed E-state index contributed by atoms with van der Waals surface area (Å²) in [5.41, 5.74) is 8.45. The van der Waals surface area contributed by atoms with Gasteiger partial charge in [-0.05, 0) is 29.9 Å². The zero-order chi connectivity index (χ0) is 10.8. The van der Waals surface area contributed by atoms with Crippen LogP contribution >= 0.6 is 12.4 Å². The highest BCUT2D eigenvalue weighted by Crippen LogP contribution is 2.28. The molecule has 1 aromatic rings. The topological polar surface area (TPSA) is 52.3 Å². The molecule has 1 aliphatic rings. The number of ether oxygens (including phenoxy) is 1. The molecule has 0 aromatic heterocycles. The Labute approximate surface area is 101 Å². The van der Waals surface area contributed by atoms with Gasteiger partial charge in [0.25, 0.3) is 0 Å². The monoisotopic (exact) mass is 241 g/mol. The quantitative estimate of drug-likeness (QED) is 0.795. The van der Waals surface area contributed by atoms with Gasteiger partial charge in [-0.1, -0.05) is 24.3 Å². The van der Waals surface area contributed by atoms with E-state index >= 15 is 0 Å². The summed E-state index contributed by atoms with van der Waals surface area (Å²) in [4.78, 5) is 11.3. The van der Waals surface area contributed by atoms with Crippen molar-refractivity contribution in [1.82, 2.24) is 0 Å². The van der Waals surface area contributed by atoms with Crippen molar-refractivity contribution < 1.29 is 9.53 Å². The average molecular weight is 242 g/mol. The Bertz CT molecular complexity index is 356. The van der Waals surface area contributed by atoms with E-state index in [-0.39, 0.29) is 24.3 Å². The van der Waals surface area contributed by atoms with Crippen molar-refractivity contribution in [3.05, 3.63) is 35.4 Å². The summed E-state index contributed by atoms with van der Waals surface area (Å²) in [5, 5.41) is 0. The number of carbonyl (C=O) groups is 1. The van der Waals surface area contributed by atoms with Crippen molar-refractivity contribution in [2.75, 3.05) is 7.11 Å². The van der Waals surface area contributed by atoms with Crippen LogP contribution in [0.4, 0.5) is 0 Å². The number of fused-ring (bicyclic) bond motifs is 1. The first kappa shape index (κ1) is 13.0. The third-order valence-corrected chi connectivity index (χ3v) is 3.06. The minimum absolute atomic E-state index is 0. The molecule has 88 valence electrons. The Kier molecular flexibility index (Phi) is 4.33. The molecule has 0 radical (unpaired) electrons. The van der Waals surface area contributed by atoms with Crippen LogP contribution in [0.25, 0.3) is 0 Å². The highest BCUT2D eigenvalue weighted by Gasteiger charge is 2.30. The summed E-state index contributed by atoms with van der Waals surface area (Å²) in [6.07, 6.45) is 1.76. The molecule has 0 saturated heterocycles. The Morgan fingerprint density at radius 2 is 1.88 bits per heavy atom. The van der Waals surface area contributed by atoms with E-state index in [9.17, 15) is 4.79 Å². The van der Waals surface area contributed by atoms with Gasteiger partial charge in [0, 0.05) is 0 Å². The Morgan fingerprint density at radius 1 is 1.38 bits per heavy atom. The highest BCUT2D eigenvalue weighted by atomic mass is 35.5. The minimum atomic E-state index is -0.498. The predicted molar refractivity (Wildman–Crippen MR) is 64.6 cm³/mol. The summed E-state index contributed by atoms with van der Waals surface area (Å²) >= 11 is 0. The van der Waals surface area contributed by atoms with Crippen LogP contribution in [0.1, 0.15) is 11.1 Å². The fourth-order valence-electron chi connectivity index (χ4n) is 2.18. The van der Waals surface area contributed by atoms with Crippen molar-refractivity contribution in [3.8, 4) is 0 Å². The van der Waals surface area contributed by atoms with Gasteiger partial charge in [0.2, 0.25) is 0 Å². The van der Waals surface area contributed by atoms with E-state index in [4.69, 9.17) is 5.73 Å². The molecular formula is C12H16ClNO2. The highest BCUT2D eigenvalue weighted by molar-refractivity contribution is 5.85. The number of methoxy groups -OCH3 is 1. The normalized spacial score (nSPS) is 16.1. The molecule has 0 fully saturated rings. The zero-order valence-corrected chi connectivity index (χ0v) is 10.00. The van der Waals surface area contributed by atoms with Crippen molar-refractivity contribution in [2.45, 2.75) is 18.9 Å². The van der Waals surface area contributed by atoms with Crippen LogP contribution in [0.3, 0.4) is 0 Å². The molecule has 4 heteroatoms. The molecule has 3 nitrogen and oxygen atoms in total. The van der Waals surface area contributed by atoms with Gasteiger partial charge in [0.1, 0.15) is 6.04 Å². The molecule has 0 spiro atoms. The van der Waals surface area contributed by atoms with Gasteiger partial charge in [-0.25, -0.2) is 0 Å². The molecule has 1 aromatic carbocycles. The second-order valence-electron chi connectivity index (χ2n) is 3.99. The van der Waals surface area contributed by atoms with Crippen LogP contribution in [0.5, 0.6) is 0 Å². The van der Waals surface area contributed by atoms with Gasteiger partial charge < -0.3 is 10.5 Å². The van der Waals surface area contributed by atoms with Crippen LogP contribution in [0.15, 0.2) is 24.3 Å². The van der Waals surface area contributed by atoms with Gasteiger partial charge in [-0.15, -0.1) is 12.4 Å². The lowest BCUT2D eigenvalue weighted by Crippen LogP contribution is -2.39. The third-order valence-electron chi connectivity index (χ3n) is 3.06. The predicted octanol–water partition coefficient (Wildman–Crippen LogP) is 1.32. The molecule has 1 atom stereocenters. The van der Waals surface area contributed by atoms with E-state index in [1.165, 1.54) is 18.2 Å². The molecule has 0 amide bonds. The van der Waals surface area contributed by atoms with E-state index in [1.54, 1.807) is 0 Å². The molecule has 0 aliphatic heterocycles. The molecule has 1 unspecified atom stereocenters. The Hall–Kier alpha value is -1.06. The lowest BCUT2D eigenvalue weighted by molar-refractivity contribution is -0.143. The summed E-state index contributed by atoms with van der Waals surface area (Å²) in [7, 11) is 1.38. The van der Waals surface area contributed by atoms with Gasteiger partial charge in [0.15, 0.2) is 0 Å². The number of benzene rings is 1. The Morgan fingerprint density at radius 3 is 2.31 bits per heavy atom. The summed E-state index contributed by atoms with van der Waals surface area (Å²) < 4.78 is 4.66. The molecule has 0 heterocycles. The van der Waals surface area contributed by atoms with Gasteiger partial charge in [-0.2, -0.15) is 0 Å². The van der Waals surface area contributed by atoms with E-state index in [0.717, 1.165) is 12.8 Å². The number of hydrogen-bond acceptors (Lipinski definition) is 3. The van der Waals surface area contributed by atoms with E-state index in [2.05, 4.69) is 16.9 Å². The maximum absolute atomic E-state index is 11.3. The van der Waals surface area contributed by atoms with Crippen LogP contribution in [0, 0.1) is 5.92 Å². The molecule has 2 rings (SSSR count). The second-order valence-corrected chi connectivity index (χ2v) is 3.99. The summed E-state index contributed by atoms with van der Waals surface area (Å²) in [6, 6.07) is 7.73. The van der Waals surface area contributed by atoms with Crippen molar-refractivity contribution >= 4 is 18.4 Å². The molecule has 1 aliphatic carbocycles. The largest absolute Gasteiger partial charge is 0.468 e. The average Bonchev–Trinajstić information content (AvgIpc) is 2.70. The van der Waals surface area contributed by atoms with Gasteiger partial charge in [0.05, 0.1) is 7.11 Å². The van der Waals surface area contributed by atoms with E-state index < -0.39 is 6.04 Å². The fraction of sp³-hybridized carbons (Fsp3) is 0.417. The van der Waals surface area contributed by atoms with E-state index in [1.807, 2.05) is 12.1 Å². The van der Waals surface area contributed by atoms with Crippen LogP contribution in [-0.4, -0.2) is 19.1 Å². The molecule has 0 bridgehead atoms. The summed E-state index contributed by atoms with van der Waals surface area (Å²) in [5.74, 6) is -0.123. The maximum Gasteiger partial charge on any atom is 0.322 e. The summed E-state index contributed by atoms with van der Waals surface area (Å²) in [6.45, 7) is 0. The second kappa shape index (κ2) is 5.32. The fourth-order valence-corrected chi connectivity index (χ4v) is 2.18. The number of nitrogens with two attached hydrogens (primary N) is 1. The van der Waals surface area contributed by atoms with Crippen LogP contribution < -0.4 is 5.73 Å². The minimum Gasteiger partial charge on any atom is -0.468 e. The van der Waals surface area contributed by atoms with Gasteiger partial charge in [-0.3, -0.25) is 4.79 Å². The van der Waals surface area contributed by atoms with E-state index in [0.29, 0.717) is 0 Å². The van der Waals surface area contributed by atoms with Gasteiger partial charge >= 0.3 is 5.97 Å². The lowest BCUT2D eigenvalue weighted by Gasteiger charge is -2.15. The SMILES string of the molecule is COC(=O)C(N)C1Cc2ccccc2C1.Cl. The Balaban J connectivity index is 0.00000128. The van der Waals surface area contributed by atoms with Crippen molar-refractivity contribution in [2.24, 2.45) is 11.7 Å². The molecule has 2 N–H and O–H groups in total. The number of rotatable bonds is 2. The molecular weight excluding hydrogens is 226 g/mol. The standard InChI is InChI=1S/C12H15NO2.ClH/c1-15-12(14)11(13)10-6-8-4-2-3-5-9(8)7-10;/h2-5,10-11H,6-7,13H2,1H3;1H. The molecule has 16 heavy (non-hydrogen) atoms. The maximum atomic E-state index is 11.3. The van der Waals surface area contributed by atoms with Crippen LogP contribution in [-0.2, 0) is 22.4 Å². The van der Waals surface area contributed by atoms with Crippen molar-refractivity contribution in [1.29, 1.82) is 0 Å². The smallest absolute Gasteiger partial charge is 0.322 e.